The van der Waals surface area contributed by atoms with Gasteiger partial charge < -0.3 is 0 Å². The number of hydrogen-bond donors (Lipinski definition) is 0. The van der Waals surface area contributed by atoms with Crippen molar-refractivity contribution in [2.45, 2.75) is 45.4 Å². The van der Waals surface area contributed by atoms with Crippen LogP contribution < -0.4 is 0 Å². The van der Waals surface area contributed by atoms with Crippen LogP contribution >= 0.6 is 11.6 Å². The summed E-state index contributed by atoms with van der Waals surface area (Å²) < 4.78 is 0. The van der Waals surface area contributed by atoms with Crippen molar-refractivity contribution in [2.75, 3.05) is 0 Å². The van der Waals surface area contributed by atoms with Crippen LogP contribution in [-0.4, -0.2) is 0 Å². The van der Waals surface area contributed by atoms with Gasteiger partial charge in [-0.2, -0.15) is 0 Å². The van der Waals surface area contributed by atoms with Gasteiger partial charge in [0, 0.05) is 10.9 Å². The van der Waals surface area contributed by atoms with E-state index in [1.165, 1.54) is 37.7 Å². The maximum absolute atomic E-state index is 6.07. The molecule has 1 radical (unpaired) electrons. The highest BCUT2D eigenvalue weighted by atomic mass is 35.5. The second kappa shape index (κ2) is 5.72. The second-order valence-corrected chi connectivity index (χ2v) is 5.16. The minimum atomic E-state index is 0.803. The van der Waals surface area contributed by atoms with Crippen molar-refractivity contribution in [3.05, 3.63) is 40.8 Å². The molecular weight excluding hydrogens is 216 g/mol. The van der Waals surface area contributed by atoms with E-state index >= 15 is 0 Å². The van der Waals surface area contributed by atoms with Gasteiger partial charge >= 0.3 is 0 Å². The van der Waals surface area contributed by atoms with Gasteiger partial charge in [-0.1, -0.05) is 49.9 Å². The Morgan fingerprint density at radius 1 is 1.25 bits per heavy atom. The third-order valence-corrected chi connectivity index (χ3v) is 3.91. The van der Waals surface area contributed by atoms with Crippen molar-refractivity contribution >= 4 is 11.6 Å². The topological polar surface area (TPSA) is 0 Å². The summed E-state index contributed by atoms with van der Waals surface area (Å²) in [6.07, 6.45) is 8.11. The Kier molecular flexibility index (Phi) is 4.29. The molecule has 0 nitrogen and oxygen atoms in total. The van der Waals surface area contributed by atoms with Crippen LogP contribution in [0.3, 0.4) is 0 Å². The fourth-order valence-corrected chi connectivity index (χ4v) is 3.06. The van der Waals surface area contributed by atoms with Crippen LogP contribution in [0.1, 0.15) is 51.0 Å². The summed E-state index contributed by atoms with van der Waals surface area (Å²) in [5, 5.41) is 0.860. The van der Waals surface area contributed by atoms with E-state index in [0.717, 1.165) is 17.4 Å². The number of rotatable bonds is 3. The molecule has 0 atom stereocenters. The van der Waals surface area contributed by atoms with E-state index in [4.69, 9.17) is 11.6 Å². The Balaban J connectivity index is 2.14. The van der Waals surface area contributed by atoms with E-state index in [9.17, 15) is 0 Å². The molecule has 0 N–H and O–H groups in total. The summed E-state index contributed by atoms with van der Waals surface area (Å²) in [5.74, 6) is 2.42. The van der Waals surface area contributed by atoms with Crippen LogP contribution in [0.15, 0.2) is 24.3 Å². The first kappa shape index (κ1) is 12.0. The van der Waals surface area contributed by atoms with Crippen molar-refractivity contribution in [1.29, 1.82) is 0 Å². The Bertz CT molecular complexity index is 326. The van der Waals surface area contributed by atoms with E-state index in [1.807, 2.05) is 6.07 Å². The van der Waals surface area contributed by atoms with Crippen molar-refractivity contribution in [2.24, 2.45) is 5.92 Å². The standard InChI is InChI=1S/C15H20Cl/c1-2-15(12-7-4-3-5-8-12)13-9-6-10-14(16)11-13/h6,9-12H,2-5,7-8H2,1H3. The summed E-state index contributed by atoms with van der Waals surface area (Å²) in [4.78, 5) is 0. The van der Waals surface area contributed by atoms with Crippen LogP contribution in [0.4, 0.5) is 0 Å². The van der Waals surface area contributed by atoms with Crippen LogP contribution in [-0.2, 0) is 0 Å². The van der Waals surface area contributed by atoms with Crippen molar-refractivity contribution < 1.29 is 0 Å². The predicted octanol–water partition coefficient (Wildman–Crippen LogP) is 5.25. The highest BCUT2D eigenvalue weighted by molar-refractivity contribution is 6.30. The van der Waals surface area contributed by atoms with E-state index in [0.29, 0.717) is 0 Å². The van der Waals surface area contributed by atoms with Crippen molar-refractivity contribution in [1.82, 2.24) is 0 Å². The molecule has 0 heterocycles. The molecule has 1 fully saturated rings. The lowest BCUT2D eigenvalue weighted by atomic mass is 9.76. The zero-order valence-corrected chi connectivity index (χ0v) is 10.8. The zero-order chi connectivity index (χ0) is 11.4. The van der Waals surface area contributed by atoms with Gasteiger partial charge in [-0.3, -0.25) is 0 Å². The average molecular weight is 236 g/mol. The third-order valence-electron chi connectivity index (χ3n) is 3.67. The molecule has 0 aliphatic heterocycles. The molecule has 1 aliphatic rings. The normalized spacial score (nSPS) is 17.9. The Morgan fingerprint density at radius 3 is 2.62 bits per heavy atom. The number of benzene rings is 1. The first-order chi connectivity index (χ1) is 7.81. The minimum Gasteiger partial charge on any atom is -0.0843 e. The Hall–Kier alpha value is -0.490. The smallest absolute Gasteiger partial charge is 0.0408 e. The van der Waals surface area contributed by atoms with E-state index in [1.54, 1.807) is 5.92 Å². The number of hydrogen-bond acceptors (Lipinski definition) is 0. The molecule has 1 saturated carbocycles. The quantitative estimate of drug-likeness (QED) is 0.671. The van der Waals surface area contributed by atoms with Crippen LogP contribution in [0, 0.1) is 11.8 Å². The summed E-state index contributed by atoms with van der Waals surface area (Å²) in [7, 11) is 0. The van der Waals surface area contributed by atoms with Crippen molar-refractivity contribution in [3.63, 3.8) is 0 Å². The largest absolute Gasteiger partial charge is 0.0843 e. The molecule has 1 heteroatoms. The molecule has 0 aromatic heterocycles. The first-order valence-corrected chi connectivity index (χ1v) is 6.80. The maximum Gasteiger partial charge on any atom is 0.0408 e. The summed E-state index contributed by atoms with van der Waals surface area (Å²) in [6, 6.07) is 8.35. The van der Waals surface area contributed by atoms with E-state index in [2.05, 4.69) is 25.1 Å². The van der Waals surface area contributed by atoms with E-state index < -0.39 is 0 Å². The highest BCUT2D eigenvalue weighted by Crippen LogP contribution is 2.37. The molecule has 1 aromatic rings. The monoisotopic (exact) mass is 235 g/mol. The molecule has 0 amide bonds. The molecule has 16 heavy (non-hydrogen) atoms. The maximum atomic E-state index is 6.07. The van der Waals surface area contributed by atoms with E-state index in [-0.39, 0.29) is 0 Å². The molecule has 1 aromatic carbocycles. The predicted molar refractivity (Wildman–Crippen MR) is 70.7 cm³/mol. The Labute approximate surface area is 104 Å². The van der Waals surface area contributed by atoms with Gasteiger partial charge in [-0.15, -0.1) is 0 Å². The molecule has 0 bridgehead atoms. The van der Waals surface area contributed by atoms with Gasteiger partial charge in [0.15, 0.2) is 0 Å². The summed E-state index contributed by atoms with van der Waals surface area (Å²) >= 11 is 6.07. The Morgan fingerprint density at radius 2 is 2.00 bits per heavy atom. The highest BCUT2D eigenvalue weighted by Gasteiger charge is 2.24. The van der Waals surface area contributed by atoms with Crippen LogP contribution in [0.25, 0.3) is 0 Å². The van der Waals surface area contributed by atoms with Gasteiger partial charge in [0.25, 0.3) is 0 Å². The molecule has 0 unspecified atom stereocenters. The second-order valence-electron chi connectivity index (χ2n) is 4.72. The van der Waals surface area contributed by atoms with Crippen molar-refractivity contribution in [3.8, 4) is 0 Å². The van der Waals surface area contributed by atoms with Gasteiger partial charge in [-0.05, 0) is 42.9 Å². The number of halogens is 1. The molecule has 2 rings (SSSR count). The molecular formula is C15H20Cl. The summed E-state index contributed by atoms with van der Waals surface area (Å²) in [6.45, 7) is 2.27. The minimum absolute atomic E-state index is 0.803. The average Bonchev–Trinajstić information content (AvgIpc) is 2.31. The molecule has 0 saturated heterocycles. The van der Waals surface area contributed by atoms with Crippen LogP contribution in [0.2, 0.25) is 5.02 Å². The van der Waals surface area contributed by atoms with Gasteiger partial charge in [0.1, 0.15) is 0 Å². The first-order valence-electron chi connectivity index (χ1n) is 6.43. The SMILES string of the molecule is CC[C](c1cccc(Cl)c1)C1CCCCC1. The van der Waals surface area contributed by atoms with Gasteiger partial charge in [-0.25, -0.2) is 0 Å². The zero-order valence-electron chi connectivity index (χ0n) is 10.0. The third kappa shape index (κ3) is 2.79. The lowest BCUT2D eigenvalue weighted by Gasteiger charge is -2.29. The molecule has 0 spiro atoms. The lowest BCUT2D eigenvalue weighted by molar-refractivity contribution is 0.369. The fraction of sp³-hybridized carbons (Fsp3) is 0.533. The summed E-state index contributed by atoms with van der Waals surface area (Å²) in [5.41, 5.74) is 1.36. The van der Waals surface area contributed by atoms with Crippen LogP contribution in [0.5, 0.6) is 0 Å². The fourth-order valence-electron chi connectivity index (χ4n) is 2.87. The van der Waals surface area contributed by atoms with Gasteiger partial charge in [0.2, 0.25) is 0 Å². The molecule has 87 valence electrons. The molecule has 1 aliphatic carbocycles. The lowest BCUT2D eigenvalue weighted by Crippen LogP contribution is -2.16. The van der Waals surface area contributed by atoms with Gasteiger partial charge in [0.05, 0.1) is 0 Å².